The van der Waals surface area contributed by atoms with Crippen LogP contribution in [0.25, 0.3) is 0 Å². The summed E-state index contributed by atoms with van der Waals surface area (Å²) >= 11 is 0. The van der Waals surface area contributed by atoms with Gasteiger partial charge >= 0.3 is 0 Å². The minimum absolute atomic E-state index is 0.0541. The fourth-order valence-corrected chi connectivity index (χ4v) is 3.32. The maximum absolute atomic E-state index is 12.1. The zero-order chi connectivity index (χ0) is 18.4. The van der Waals surface area contributed by atoms with Gasteiger partial charge in [0.05, 0.1) is 11.9 Å². The van der Waals surface area contributed by atoms with Crippen LogP contribution in [0.3, 0.4) is 0 Å². The van der Waals surface area contributed by atoms with Gasteiger partial charge in [-0.3, -0.25) is 4.79 Å². The SMILES string of the molecule is Cc1ccc(CCCC(=O)Nc2ccc(N3CCC(C)CC3)nc2)cc1. The molecule has 0 unspecified atom stereocenters. The number of hydrogen-bond donors (Lipinski definition) is 1. The van der Waals surface area contributed by atoms with E-state index in [-0.39, 0.29) is 5.91 Å². The summed E-state index contributed by atoms with van der Waals surface area (Å²) in [6, 6.07) is 12.5. The Labute approximate surface area is 156 Å². The number of anilines is 2. The summed E-state index contributed by atoms with van der Waals surface area (Å²) in [6.45, 7) is 6.53. The molecule has 1 aliphatic rings. The summed E-state index contributed by atoms with van der Waals surface area (Å²) in [6.07, 6.45) is 6.53. The largest absolute Gasteiger partial charge is 0.357 e. The zero-order valence-corrected chi connectivity index (χ0v) is 15.9. The highest BCUT2D eigenvalue weighted by atomic mass is 16.1. The van der Waals surface area contributed by atoms with Crippen LogP contribution in [-0.4, -0.2) is 24.0 Å². The number of aryl methyl sites for hydroxylation is 2. The van der Waals surface area contributed by atoms with Gasteiger partial charge in [-0.15, -0.1) is 0 Å². The fourth-order valence-electron chi connectivity index (χ4n) is 3.32. The van der Waals surface area contributed by atoms with Crippen LogP contribution >= 0.6 is 0 Å². The second kappa shape index (κ2) is 8.84. The standard InChI is InChI=1S/C22H29N3O/c1-17-6-8-19(9-7-17)4-3-5-22(26)24-20-10-11-21(23-16-20)25-14-12-18(2)13-15-25/h6-11,16,18H,3-5,12-15H2,1-2H3,(H,24,26). The first-order valence-electron chi connectivity index (χ1n) is 9.66. The third-order valence-electron chi connectivity index (χ3n) is 5.13. The van der Waals surface area contributed by atoms with Gasteiger partial charge in [0.1, 0.15) is 5.82 Å². The summed E-state index contributed by atoms with van der Waals surface area (Å²) < 4.78 is 0. The number of rotatable bonds is 6. The van der Waals surface area contributed by atoms with Crippen LogP contribution in [0.15, 0.2) is 42.6 Å². The van der Waals surface area contributed by atoms with Crippen LogP contribution in [0.1, 0.15) is 43.7 Å². The lowest BCUT2D eigenvalue weighted by atomic mass is 9.99. The van der Waals surface area contributed by atoms with Gasteiger partial charge in [0.2, 0.25) is 5.91 Å². The molecule has 0 spiro atoms. The van der Waals surface area contributed by atoms with Crippen molar-refractivity contribution in [2.75, 3.05) is 23.3 Å². The van der Waals surface area contributed by atoms with E-state index in [9.17, 15) is 4.79 Å². The molecule has 138 valence electrons. The van der Waals surface area contributed by atoms with Crippen molar-refractivity contribution >= 4 is 17.4 Å². The number of piperidine rings is 1. The van der Waals surface area contributed by atoms with E-state index in [1.54, 1.807) is 6.20 Å². The topological polar surface area (TPSA) is 45.2 Å². The Hall–Kier alpha value is -2.36. The van der Waals surface area contributed by atoms with Crippen LogP contribution in [0, 0.1) is 12.8 Å². The predicted molar refractivity (Wildman–Crippen MR) is 108 cm³/mol. The molecule has 0 aliphatic carbocycles. The number of aromatic nitrogens is 1. The smallest absolute Gasteiger partial charge is 0.224 e. The van der Waals surface area contributed by atoms with E-state index < -0.39 is 0 Å². The molecule has 0 radical (unpaired) electrons. The van der Waals surface area contributed by atoms with Crippen molar-refractivity contribution in [3.05, 3.63) is 53.7 Å². The molecule has 4 heteroatoms. The molecule has 1 fully saturated rings. The van der Waals surface area contributed by atoms with Crippen molar-refractivity contribution in [3.8, 4) is 0 Å². The Balaban J connectivity index is 1.43. The Morgan fingerprint density at radius 2 is 1.88 bits per heavy atom. The molecule has 1 amide bonds. The summed E-state index contributed by atoms with van der Waals surface area (Å²) in [7, 11) is 0. The molecule has 1 N–H and O–H groups in total. The molecule has 2 aromatic rings. The van der Waals surface area contributed by atoms with Gasteiger partial charge in [-0.1, -0.05) is 36.8 Å². The number of nitrogens with one attached hydrogen (secondary N) is 1. The van der Waals surface area contributed by atoms with Crippen LogP contribution in [0.5, 0.6) is 0 Å². The highest BCUT2D eigenvalue weighted by molar-refractivity contribution is 5.90. The average Bonchev–Trinajstić information content (AvgIpc) is 2.65. The van der Waals surface area contributed by atoms with Gasteiger partial charge in [0.15, 0.2) is 0 Å². The highest BCUT2D eigenvalue weighted by Gasteiger charge is 2.16. The maximum atomic E-state index is 12.1. The van der Waals surface area contributed by atoms with E-state index >= 15 is 0 Å². The van der Waals surface area contributed by atoms with Gasteiger partial charge in [0.25, 0.3) is 0 Å². The summed E-state index contributed by atoms with van der Waals surface area (Å²) in [4.78, 5) is 19.0. The van der Waals surface area contributed by atoms with Crippen LogP contribution in [0.2, 0.25) is 0 Å². The van der Waals surface area contributed by atoms with Crippen molar-refractivity contribution in [3.63, 3.8) is 0 Å². The first kappa shape index (κ1) is 18.4. The van der Waals surface area contributed by atoms with E-state index in [1.807, 2.05) is 12.1 Å². The Morgan fingerprint density at radius 1 is 1.15 bits per heavy atom. The van der Waals surface area contributed by atoms with E-state index in [2.05, 4.69) is 53.3 Å². The molecule has 0 bridgehead atoms. The molecule has 3 rings (SSSR count). The van der Waals surface area contributed by atoms with Crippen LogP contribution in [-0.2, 0) is 11.2 Å². The lowest BCUT2D eigenvalue weighted by molar-refractivity contribution is -0.116. The maximum Gasteiger partial charge on any atom is 0.224 e. The summed E-state index contributed by atoms with van der Waals surface area (Å²) in [5.74, 6) is 1.87. The van der Waals surface area contributed by atoms with Gasteiger partial charge in [0, 0.05) is 19.5 Å². The number of carbonyl (C=O) groups excluding carboxylic acids is 1. The highest BCUT2D eigenvalue weighted by Crippen LogP contribution is 2.22. The Kier molecular flexibility index (Phi) is 6.26. The van der Waals surface area contributed by atoms with Crippen molar-refractivity contribution in [2.24, 2.45) is 5.92 Å². The molecule has 1 aliphatic heterocycles. The first-order chi connectivity index (χ1) is 12.6. The number of amides is 1. The third-order valence-corrected chi connectivity index (χ3v) is 5.13. The molecule has 0 saturated carbocycles. The van der Waals surface area contributed by atoms with Crippen molar-refractivity contribution in [1.82, 2.24) is 4.98 Å². The Bertz CT molecular complexity index is 701. The number of benzene rings is 1. The average molecular weight is 351 g/mol. The minimum atomic E-state index is 0.0541. The van der Waals surface area contributed by atoms with Crippen molar-refractivity contribution < 1.29 is 4.79 Å². The molecular weight excluding hydrogens is 322 g/mol. The quantitative estimate of drug-likeness (QED) is 0.828. The lowest BCUT2D eigenvalue weighted by Gasteiger charge is -2.31. The van der Waals surface area contributed by atoms with Crippen molar-refractivity contribution in [2.45, 2.75) is 46.0 Å². The number of carbonyl (C=O) groups is 1. The molecular formula is C22H29N3O. The Morgan fingerprint density at radius 3 is 2.54 bits per heavy atom. The van der Waals surface area contributed by atoms with Gasteiger partial charge in [-0.05, 0) is 56.2 Å². The first-order valence-corrected chi connectivity index (χ1v) is 9.66. The third kappa shape index (κ3) is 5.32. The van der Waals surface area contributed by atoms with Crippen LogP contribution in [0.4, 0.5) is 11.5 Å². The fraction of sp³-hybridized carbons (Fsp3) is 0.455. The molecule has 4 nitrogen and oxygen atoms in total. The van der Waals surface area contributed by atoms with E-state index in [0.717, 1.165) is 43.4 Å². The van der Waals surface area contributed by atoms with Gasteiger partial charge in [-0.25, -0.2) is 4.98 Å². The normalized spacial score (nSPS) is 15.1. The second-order valence-corrected chi connectivity index (χ2v) is 7.46. The monoisotopic (exact) mass is 351 g/mol. The lowest BCUT2D eigenvalue weighted by Crippen LogP contribution is -2.33. The summed E-state index contributed by atoms with van der Waals surface area (Å²) in [5.41, 5.74) is 3.33. The zero-order valence-electron chi connectivity index (χ0n) is 15.9. The minimum Gasteiger partial charge on any atom is -0.357 e. The molecule has 2 heterocycles. The molecule has 1 aromatic heterocycles. The number of hydrogen-bond acceptors (Lipinski definition) is 3. The number of nitrogens with zero attached hydrogens (tertiary/aromatic N) is 2. The number of pyridine rings is 1. The molecule has 26 heavy (non-hydrogen) atoms. The van der Waals surface area contributed by atoms with E-state index in [1.165, 1.54) is 24.0 Å². The molecule has 1 saturated heterocycles. The second-order valence-electron chi connectivity index (χ2n) is 7.46. The molecule has 1 aromatic carbocycles. The van der Waals surface area contributed by atoms with E-state index in [0.29, 0.717) is 6.42 Å². The van der Waals surface area contributed by atoms with Gasteiger partial charge in [-0.2, -0.15) is 0 Å². The molecule has 0 atom stereocenters. The van der Waals surface area contributed by atoms with Gasteiger partial charge < -0.3 is 10.2 Å². The van der Waals surface area contributed by atoms with Crippen molar-refractivity contribution in [1.29, 1.82) is 0 Å². The van der Waals surface area contributed by atoms with Crippen LogP contribution < -0.4 is 10.2 Å². The summed E-state index contributed by atoms with van der Waals surface area (Å²) in [5, 5.41) is 2.95. The predicted octanol–water partition coefficient (Wildman–Crippen LogP) is 4.59. The van der Waals surface area contributed by atoms with E-state index in [4.69, 9.17) is 0 Å².